The third-order valence-corrected chi connectivity index (χ3v) is 6.71. The van der Waals surface area contributed by atoms with E-state index in [0.29, 0.717) is 55.1 Å². The maximum atomic E-state index is 14.1. The van der Waals surface area contributed by atoms with Crippen LogP contribution in [0.25, 0.3) is 11.0 Å². The minimum atomic E-state index is -0.618. The van der Waals surface area contributed by atoms with Gasteiger partial charge in [-0.15, -0.1) is 0 Å². The van der Waals surface area contributed by atoms with Crippen LogP contribution in [0.3, 0.4) is 0 Å². The fraction of sp³-hybridized carbons (Fsp3) is 0.423. The molecule has 2 N–H and O–H groups in total. The zero-order chi connectivity index (χ0) is 25.1. The molecule has 0 spiro atoms. The molecule has 0 radical (unpaired) electrons. The fourth-order valence-corrected chi connectivity index (χ4v) is 4.97. The van der Waals surface area contributed by atoms with Crippen molar-refractivity contribution in [3.63, 3.8) is 0 Å². The van der Waals surface area contributed by atoms with Crippen LogP contribution in [0.2, 0.25) is 0 Å². The Morgan fingerprint density at radius 2 is 1.86 bits per heavy atom. The average molecular weight is 497 g/mol. The lowest BCUT2D eigenvalue weighted by molar-refractivity contribution is 0.0954. The molecule has 3 aromatic rings. The summed E-state index contributed by atoms with van der Waals surface area (Å²) < 4.78 is 33.6. The second-order valence-electron chi connectivity index (χ2n) is 9.10. The highest BCUT2D eigenvalue weighted by Crippen LogP contribution is 2.39. The van der Waals surface area contributed by atoms with Crippen molar-refractivity contribution in [1.29, 1.82) is 0 Å². The van der Waals surface area contributed by atoms with Crippen LogP contribution >= 0.6 is 0 Å². The number of carbonyl (C=O) groups excluding carboxylic acids is 1. The number of ether oxygens (including phenoxy) is 1. The lowest BCUT2D eigenvalue weighted by Crippen LogP contribution is -2.36. The van der Waals surface area contributed by atoms with E-state index in [1.807, 2.05) is 18.0 Å². The third-order valence-electron chi connectivity index (χ3n) is 6.71. The molecule has 2 aromatic carbocycles. The molecule has 0 saturated carbocycles. The summed E-state index contributed by atoms with van der Waals surface area (Å²) >= 11 is 0. The molecule has 0 aliphatic carbocycles. The zero-order valence-corrected chi connectivity index (χ0v) is 20.3. The normalized spacial score (nSPS) is 18.1. The Kier molecular flexibility index (Phi) is 7.24. The van der Waals surface area contributed by atoms with Gasteiger partial charge in [0.15, 0.2) is 0 Å². The first-order valence-electron chi connectivity index (χ1n) is 12.3. The van der Waals surface area contributed by atoms with E-state index in [9.17, 15) is 13.6 Å². The van der Waals surface area contributed by atoms with E-state index in [2.05, 4.69) is 20.5 Å². The fourth-order valence-electron chi connectivity index (χ4n) is 4.97. The Morgan fingerprint density at radius 3 is 2.61 bits per heavy atom. The first-order chi connectivity index (χ1) is 17.5. The summed E-state index contributed by atoms with van der Waals surface area (Å²) in [4.78, 5) is 26.7. The minimum absolute atomic E-state index is 0.200. The van der Waals surface area contributed by atoms with Gasteiger partial charge in [-0.25, -0.2) is 13.8 Å². The number of amides is 1. The summed E-state index contributed by atoms with van der Waals surface area (Å²) in [6.45, 7) is 4.47. The molecule has 5 rings (SSSR count). The largest absolute Gasteiger partial charge is 0.378 e. The van der Waals surface area contributed by atoms with Crippen molar-refractivity contribution < 1.29 is 18.3 Å². The standard InChI is InChI=1S/C26H30F2N6O2/c1-29-4-5-30-26(35)17-11-21(23-3-2-6-34(23)20-14-18(27)13-19(28)15-20)25-22(12-17)31-16-24(32-25)33-7-9-36-10-8-33/h11-16,23,29H,2-10H2,1H3,(H,30,35). The zero-order valence-electron chi connectivity index (χ0n) is 20.3. The van der Waals surface area contributed by atoms with Gasteiger partial charge in [0.1, 0.15) is 17.5 Å². The van der Waals surface area contributed by atoms with Crippen LogP contribution in [-0.4, -0.2) is 68.9 Å². The number of fused-ring (bicyclic) bond motifs is 1. The Labute approximate surface area is 208 Å². The van der Waals surface area contributed by atoms with Gasteiger partial charge < -0.3 is 25.2 Å². The van der Waals surface area contributed by atoms with Crippen LogP contribution in [0.1, 0.15) is 34.8 Å². The van der Waals surface area contributed by atoms with Crippen molar-refractivity contribution in [2.45, 2.75) is 18.9 Å². The highest BCUT2D eigenvalue weighted by atomic mass is 19.1. The molecule has 3 heterocycles. The number of hydrogen-bond donors (Lipinski definition) is 2. The Balaban J connectivity index is 1.59. The first-order valence-corrected chi connectivity index (χ1v) is 12.3. The number of halogens is 2. The Morgan fingerprint density at radius 1 is 1.08 bits per heavy atom. The maximum Gasteiger partial charge on any atom is 0.251 e. The summed E-state index contributed by atoms with van der Waals surface area (Å²) in [6, 6.07) is 6.98. The molecule has 2 aliphatic rings. The predicted octanol–water partition coefficient (Wildman–Crippen LogP) is 3.04. The molecule has 1 amide bonds. The molecule has 1 atom stereocenters. The summed E-state index contributed by atoms with van der Waals surface area (Å²) in [5, 5.41) is 5.93. The van der Waals surface area contributed by atoms with Crippen molar-refractivity contribution in [2.75, 3.05) is 62.8 Å². The minimum Gasteiger partial charge on any atom is -0.378 e. The Bertz CT molecular complexity index is 1230. The van der Waals surface area contributed by atoms with Crippen LogP contribution < -0.4 is 20.4 Å². The van der Waals surface area contributed by atoms with Crippen LogP contribution in [0.5, 0.6) is 0 Å². The maximum absolute atomic E-state index is 14.1. The number of anilines is 2. The number of likely N-dealkylation sites (N-methyl/N-ethyl adjacent to an activating group) is 1. The number of hydrogen-bond acceptors (Lipinski definition) is 7. The van der Waals surface area contributed by atoms with Crippen LogP contribution in [-0.2, 0) is 4.74 Å². The molecular formula is C26H30F2N6O2. The summed E-state index contributed by atoms with van der Waals surface area (Å²) in [5.74, 6) is -0.687. The average Bonchev–Trinajstić information content (AvgIpc) is 3.38. The number of nitrogens with zero attached hydrogens (tertiary/aromatic N) is 4. The van der Waals surface area contributed by atoms with Gasteiger partial charge in [0.25, 0.3) is 5.91 Å². The summed E-state index contributed by atoms with van der Waals surface area (Å²) in [5.41, 5.74) is 3.10. The van der Waals surface area contributed by atoms with Gasteiger partial charge in [-0.1, -0.05) is 0 Å². The quantitative estimate of drug-likeness (QED) is 0.487. The van der Waals surface area contributed by atoms with E-state index < -0.39 is 11.6 Å². The molecule has 0 bridgehead atoms. The Hall–Kier alpha value is -3.37. The third kappa shape index (κ3) is 5.10. The van der Waals surface area contributed by atoms with Crippen LogP contribution in [0.4, 0.5) is 20.3 Å². The first kappa shape index (κ1) is 24.3. The van der Waals surface area contributed by atoms with Crippen molar-refractivity contribution >= 4 is 28.4 Å². The van der Waals surface area contributed by atoms with E-state index in [1.165, 1.54) is 12.1 Å². The van der Waals surface area contributed by atoms with Gasteiger partial charge in [-0.3, -0.25) is 9.78 Å². The summed E-state index contributed by atoms with van der Waals surface area (Å²) in [7, 11) is 1.83. The SMILES string of the molecule is CNCCNC(=O)c1cc(C2CCCN2c2cc(F)cc(F)c2)c2nc(N3CCOCC3)cnc2c1. The van der Waals surface area contributed by atoms with Gasteiger partial charge in [0.2, 0.25) is 0 Å². The molecule has 8 nitrogen and oxygen atoms in total. The predicted molar refractivity (Wildman–Crippen MR) is 135 cm³/mol. The van der Waals surface area contributed by atoms with Crippen molar-refractivity contribution in [1.82, 2.24) is 20.6 Å². The summed E-state index contributed by atoms with van der Waals surface area (Å²) in [6.07, 6.45) is 3.34. The van der Waals surface area contributed by atoms with Gasteiger partial charge >= 0.3 is 0 Å². The topological polar surface area (TPSA) is 82.6 Å². The number of morpholine rings is 1. The lowest BCUT2D eigenvalue weighted by Gasteiger charge is -2.30. The monoisotopic (exact) mass is 496 g/mol. The molecule has 2 fully saturated rings. The number of benzene rings is 2. The van der Waals surface area contributed by atoms with Gasteiger partial charge in [0.05, 0.1) is 36.5 Å². The number of nitrogens with one attached hydrogen (secondary N) is 2. The number of carbonyl (C=O) groups is 1. The van der Waals surface area contributed by atoms with Crippen LogP contribution in [0, 0.1) is 11.6 Å². The van der Waals surface area contributed by atoms with E-state index in [-0.39, 0.29) is 11.9 Å². The van der Waals surface area contributed by atoms with Crippen molar-refractivity contribution in [3.05, 3.63) is 59.3 Å². The molecule has 36 heavy (non-hydrogen) atoms. The van der Waals surface area contributed by atoms with Crippen molar-refractivity contribution in [2.24, 2.45) is 0 Å². The molecule has 190 valence electrons. The lowest BCUT2D eigenvalue weighted by atomic mass is 9.98. The molecular weight excluding hydrogens is 466 g/mol. The highest BCUT2D eigenvalue weighted by Gasteiger charge is 2.30. The van der Waals surface area contributed by atoms with E-state index in [0.717, 1.165) is 43.4 Å². The van der Waals surface area contributed by atoms with Gasteiger partial charge in [0, 0.05) is 55.6 Å². The smallest absolute Gasteiger partial charge is 0.251 e. The second kappa shape index (κ2) is 10.7. The van der Waals surface area contributed by atoms with Gasteiger partial charge in [-0.05, 0) is 44.2 Å². The van der Waals surface area contributed by atoms with Crippen molar-refractivity contribution in [3.8, 4) is 0 Å². The van der Waals surface area contributed by atoms with E-state index in [4.69, 9.17) is 9.72 Å². The highest BCUT2D eigenvalue weighted by molar-refractivity contribution is 5.98. The molecule has 1 aromatic heterocycles. The molecule has 1 unspecified atom stereocenters. The van der Waals surface area contributed by atoms with Crippen LogP contribution in [0.15, 0.2) is 36.5 Å². The molecule has 2 aliphatic heterocycles. The molecule has 10 heteroatoms. The molecule has 2 saturated heterocycles. The number of aromatic nitrogens is 2. The van der Waals surface area contributed by atoms with Gasteiger partial charge in [-0.2, -0.15) is 0 Å². The number of rotatable bonds is 7. The van der Waals surface area contributed by atoms with E-state index in [1.54, 1.807) is 12.3 Å². The van der Waals surface area contributed by atoms with E-state index >= 15 is 0 Å². The second-order valence-corrected chi connectivity index (χ2v) is 9.10.